The Labute approximate surface area is 236 Å². The highest BCUT2D eigenvalue weighted by Crippen LogP contribution is 2.47. The van der Waals surface area contributed by atoms with E-state index in [-0.39, 0.29) is 5.41 Å². The summed E-state index contributed by atoms with van der Waals surface area (Å²) >= 11 is 6.71. The third-order valence-corrected chi connectivity index (χ3v) is 7.43. The average Bonchev–Trinajstić information content (AvgIpc) is 3.56. The number of alkyl halides is 2. The minimum atomic E-state index is -2.52. The van der Waals surface area contributed by atoms with Gasteiger partial charge >= 0.3 is 0 Å². The summed E-state index contributed by atoms with van der Waals surface area (Å²) in [4.78, 5) is 8.47. The predicted molar refractivity (Wildman–Crippen MR) is 152 cm³/mol. The Hall–Kier alpha value is -3.68. The summed E-state index contributed by atoms with van der Waals surface area (Å²) in [5.41, 5.74) is 8.81. The molecule has 1 saturated carbocycles. The zero-order valence-corrected chi connectivity index (χ0v) is 23.4. The van der Waals surface area contributed by atoms with E-state index in [0.29, 0.717) is 58.1 Å². The van der Waals surface area contributed by atoms with Crippen LogP contribution in [0.5, 0.6) is 0 Å². The van der Waals surface area contributed by atoms with Crippen LogP contribution in [0, 0.1) is 30.6 Å². The molecule has 3 heterocycles. The number of hydrogen-bond acceptors (Lipinski definition) is 7. The number of terminal acetylenes is 1. The Bertz CT molecular complexity index is 1520. The quantitative estimate of drug-likeness (QED) is 0.188. The highest BCUT2D eigenvalue weighted by atomic mass is 35.5. The van der Waals surface area contributed by atoms with E-state index in [9.17, 15) is 13.2 Å². The second-order valence-corrected chi connectivity index (χ2v) is 11.8. The van der Waals surface area contributed by atoms with Gasteiger partial charge in [-0.1, -0.05) is 44.4 Å². The molecule has 0 amide bonds. The number of hydrazine groups is 2. The molecule has 4 N–H and O–H groups in total. The monoisotopic (exact) mass is 569 g/mol. The second-order valence-electron chi connectivity index (χ2n) is 11.4. The van der Waals surface area contributed by atoms with Crippen LogP contribution in [0.15, 0.2) is 42.4 Å². The molecule has 0 spiro atoms. The number of benzene rings is 1. The molecule has 0 unspecified atom stereocenters. The van der Waals surface area contributed by atoms with Crippen molar-refractivity contribution in [1.29, 1.82) is 0 Å². The number of rotatable bonds is 8. The van der Waals surface area contributed by atoms with Gasteiger partial charge in [-0.3, -0.25) is 9.99 Å². The number of aryl methyl sites for hydroxylation is 1. The maximum absolute atomic E-state index is 13.9. The number of anilines is 2. The Balaban J connectivity index is 1.58. The predicted octanol–water partition coefficient (Wildman–Crippen LogP) is 6.29. The van der Waals surface area contributed by atoms with Crippen molar-refractivity contribution in [3.63, 3.8) is 0 Å². The van der Waals surface area contributed by atoms with Gasteiger partial charge in [0.25, 0.3) is 6.43 Å². The van der Waals surface area contributed by atoms with Gasteiger partial charge in [-0.15, -0.1) is 12.0 Å². The summed E-state index contributed by atoms with van der Waals surface area (Å²) in [5, 5.41) is 9.46. The van der Waals surface area contributed by atoms with Crippen LogP contribution in [0.2, 0.25) is 5.02 Å². The van der Waals surface area contributed by atoms with Crippen molar-refractivity contribution < 1.29 is 13.2 Å². The molecule has 5 rings (SSSR count). The Morgan fingerprint density at radius 1 is 1.25 bits per heavy atom. The van der Waals surface area contributed by atoms with Crippen LogP contribution in [0.4, 0.5) is 24.5 Å². The lowest BCUT2D eigenvalue weighted by Gasteiger charge is -2.25. The summed E-state index contributed by atoms with van der Waals surface area (Å²) in [5.74, 6) is 2.08. The van der Waals surface area contributed by atoms with E-state index in [0.717, 1.165) is 11.1 Å². The van der Waals surface area contributed by atoms with Crippen molar-refractivity contribution in [1.82, 2.24) is 25.9 Å². The molecule has 0 bridgehead atoms. The fraction of sp³-hybridized carbons (Fsp3) is 0.379. The lowest BCUT2D eigenvalue weighted by atomic mass is 9.96. The molecule has 2 aliphatic rings. The van der Waals surface area contributed by atoms with Crippen LogP contribution < -0.4 is 21.6 Å². The van der Waals surface area contributed by atoms with Gasteiger partial charge < -0.3 is 16.1 Å². The second kappa shape index (κ2) is 10.4. The Morgan fingerprint density at radius 3 is 2.62 bits per heavy atom. The first kappa shape index (κ1) is 27.9. The van der Waals surface area contributed by atoms with E-state index in [1.807, 2.05) is 6.07 Å². The fourth-order valence-electron chi connectivity index (χ4n) is 4.74. The van der Waals surface area contributed by atoms with Crippen molar-refractivity contribution in [3.05, 3.63) is 70.2 Å². The molecule has 1 aliphatic heterocycles. The summed E-state index contributed by atoms with van der Waals surface area (Å²) in [6.45, 7) is 8.69. The number of pyridine rings is 2. The minimum Gasteiger partial charge on any atom is -0.383 e. The summed E-state index contributed by atoms with van der Waals surface area (Å²) in [6.07, 6.45) is 7.26. The number of aromatic nitrogens is 2. The van der Waals surface area contributed by atoms with Crippen molar-refractivity contribution in [2.75, 3.05) is 17.2 Å². The highest BCUT2D eigenvalue weighted by molar-refractivity contribution is 6.35. The minimum absolute atomic E-state index is 0.0179. The topological polar surface area (TPSA) is 77.1 Å². The molecule has 40 heavy (non-hydrogen) atoms. The molecule has 7 nitrogen and oxygen atoms in total. The largest absolute Gasteiger partial charge is 0.383 e. The molecule has 1 aromatic carbocycles. The van der Waals surface area contributed by atoms with Gasteiger partial charge in [0.2, 0.25) is 5.95 Å². The average molecular weight is 570 g/mol. The lowest BCUT2D eigenvalue weighted by Crippen LogP contribution is -2.48. The molecule has 1 fully saturated rings. The van der Waals surface area contributed by atoms with E-state index in [2.05, 4.69) is 58.3 Å². The zero-order chi connectivity index (χ0) is 28.8. The summed E-state index contributed by atoms with van der Waals surface area (Å²) in [6, 6.07) is 5.91. The Kier molecular flexibility index (Phi) is 7.23. The van der Waals surface area contributed by atoms with Gasteiger partial charge in [0.1, 0.15) is 5.54 Å². The van der Waals surface area contributed by atoms with E-state index >= 15 is 0 Å². The van der Waals surface area contributed by atoms with E-state index in [1.165, 1.54) is 11.1 Å². The zero-order valence-electron chi connectivity index (χ0n) is 22.7. The number of halogens is 4. The molecule has 0 saturated heterocycles. The van der Waals surface area contributed by atoms with E-state index < -0.39 is 24.0 Å². The number of fused-ring (bicyclic) bond motifs is 1. The molecule has 1 aliphatic carbocycles. The van der Waals surface area contributed by atoms with Crippen LogP contribution >= 0.6 is 11.6 Å². The third-order valence-electron chi connectivity index (χ3n) is 7.14. The standard InChI is InChI=1S/C29H31ClF3N7/c1-6-17-13-34-25-20(24(17)35-15-28(3,4)5)11-18(12-21(25)30)37-26(19-7-8-23(31)36-16(19)2)22-14-40(39-38-22)29(9-10-29)27(32)33/h1,7-8,11-14,26-27,37-39H,9-10,15H2,2-5H3,(H,34,35)/t26-/m0/s1. The number of hydrogen-bond donors (Lipinski definition) is 4. The molecule has 2 aromatic heterocycles. The van der Waals surface area contributed by atoms with E-state index in [1.54, 1.807) is 31.5 Å². The van der Waals surface area contributed by atoms with Gasteiger partial charge in [0.15, 0.2) is 0 Å². The van der Waals surface area contributed by atoms with Crippen LogP contribution in [0.1, 0.15) is 56.5 Å². The summed E-state index contributed by atoms with van der Waals surface area (Å²) < 4.78 is 41.5. The molecular formula is C29H31ClF3N7. The van der Waals surface area contributed by atoms with Crippen molar-refractivity contribution in [2.24, 2.45) is 5.41 Å². The van der Waals surface area contributed by atoms with Crippen molar-refractivity contribution in [3.8, 4) is 12.3 Å². The van der Waals surface area contributed by atoms with Gasteiger partial charge in [-0.05, 0) is 43.4 Å². The van der Waals surface area contributed by atoms with Gasteiger partial charge in [-0.25, -0.2) is 13.8 Å². The van der Waals surface area contributed by atoms with Crippen LogP contribution in [-0.2, 0) is 0 Å². The molecule has 11 heteroatoms. The van der Waals surface area contributed by atoms with Gasteiger partial charge in [-0.2, -0.15) is 4.39 Å². The normalized spacial score (nSPS) is 16.9. The van der Waals surface area contributed by atoms with Crippen molar-refractivity contribution >= 4 is 33.9 Å². The van der Waals surface area contributed by atoms with Crippen LogP contribution in [-0.4, -0.2) is 33.5 Å². The maximum Gasteiger partial charge on any atom is 0.262 e. The third kappa shape index (κ3) is 5.36. The van der Waals surface area contributed by atoms with Crippen LogP contribution in [0.3, 0.4) is 0 Å². The first-order chi connectivity index (χ1) is 18.9. The fourth-order valence-corrected chi connectivity index (χ4v) is 5.01. The molecule has 0 radical (unpaired) electrons. The first-order valence-electron chi connectivity index (χ1n) is 12.9. The van der Waals surface area contributed by atoms with E-state index in [4.69, 9.17) is 18.0 Å². The molecule has 3 aromatic rings. The highest BCUT2D eigenvalue weighted by Gasteiger charge is 2.56. The maximum atomic E-state index is 13.9. The van der Waals surface area contributed by atoms with Crippen molar-refractivity contribution in [2.45, 2.75) is 58.5 Å². The number of nitrogens with zero attached hydrogens (tertiary/aromatic N) is 3. The van der Waals surface area contributed by atoms with Gasteiger partial charge in [0.05, 0.1) is 33.5 Å². The van der Waals surface area contributed by atoms with Gasteiger partial charge in [0, 0.05) is 41.3 Å². The van der Waals surface area contributed by atoms with Crippen LogP contribution in [0.25, 0.3) is 10.9 Å². The smallest absolute Gasteiger partial charge is 0.262 e. The first-order valence-corrected chi connectivity index (χ1v) is 13.3. The Morgan fingerprint density at radius 2 is 2.00 bits per heavy atom. The lowest BCUT2D eigenvalue weighted by molar-refractivity contribution is 0.00911. The molecule has 1 atom stereocenters. The molecular weight excluding hydrogens is 539 g/mol. The molecule has 210 valence electrons. The summed E-state index contributed by atoms with van der Waals surface area (Å²) in [7, 11) is 0. The SMILES string of the molecule is C#Cc1cnc2c(Cl)cc(N[C@H](C3=CN(C4(C(F)F)CC4)NN3)c3ccc(F)nc3C)cc2c1NCC(C)(C)C. The number of nitrogens with one attached hydrogen (secondary N) is 4.